The van der Waals surface area contributed by atoms with Crippen LogP contribution in [0.25, 0.3) is 0 Å². The number of aliphatic hydroxyl groups excluding tert-OH is 1. The van der Waals surface area contributed by atoms with Gasteiger partial charge in [0.1, 0.15) is 0 Å². The molecule has 2 N–H and O–H groups in total. The predicted molar refractivity (Wildman–Crippen MR) is 75.9 cm³/mol. The molecule has 2 unspecified atom stereocenters. The van der Waals surface area contributed by atoms with E-state index in [-0.39, 0.29) is 6.10 Å². The molecule has 2 rings (SSSR count). The lowest BCUT2D eigenvalue weighted by atomic mass is 9.80. The molecule has 2 atom stereocenters. The molecule has 0 radical (unpaired) electrons. The molecule has 1 aromatic carbocycles. The summed E-state index contributed by atoms with van der Waals surface area (Å²) in [5.74, 6) is 0.549. The third kappa shape index (κ3) is 3.56. The van der Waals surface area contributed by atoms with Crippen LogP contribution >= 0.6 is 0 Å². The van der Waals surface area contributed by atoms with E-state index in [1.807, 2.05) is 0 Å². The largest absolute Gasteiger partial charge is 0.392 e. The molecule has 2 heteroatoms. The van der Waals surface area contributed by atoms with Gasteiger partial charge >= 0.3 is 0 Å². The Hall–Kier alpha value is -0.860. The first-order chi connectivity index (χ1) is 8.81. The summed E-state index contributed by atoms with van der Waals surface area (Å²) >= 11 is 0. The molecule has 2 nitrogen and oxygen atoms in total. The number of rotatable bonds is 6. The predicted octanol–water partition coefficient (Wildman–Crippen LogP) is 2.86. The van der Waals surface area contributed by atoms with Crippen molar-refractivity contribution >= 4 is 0 Å². The summed E-state index contributed by atoms with van der Waals surface area (Å²) in [6.45, 7) is 3.88. The fraction of sp³-hybridized carbons (Fsp3) is 0.625. The van der Waals surface area contributed by atoms with Crippen molar-refractivity contribution in [2.75, 3.05) is 13.1 Å². The van der Waals surface area contributed by atoms with Crippen molar-refractivity contribution in [3.8, 4) is 0 Å². The molecule has 100 valence electrons. The minimum Gasteiger partial charge on any atom is -0.392 e. The van der Waals surface area contributed by atoms with E-state index in [1.165, 1.54) is 30.4 Å². The lowest BCUT2D eigenvalue weighted by Crippen LogP contribution is -2.29. The third-order valence-electron chi connectivity index (χ3n) is 3.86. The average molecular weight is 247 g/mol. The van der Waals surface area contributed by atoms with Gasteiger partial charge in [-0.15, -0.1) is 0 Å². The molecule has 0 aromatic heterocycles. The minimum absolute atomic E-state index is 0.215. The van der Waals surface area contributed by atoms with Crippen molar-refractivity contribution in [3.05, 3.63) is 35.4 Å². The maximum Gasteiger partial charge on any atom is 0.0670 e. The van der Waals surface area contributed by atoms with Crippen LogP contribution in [0.1, 0.15) is 49.7 Å². The van der Waals surface area contributed by atoms with Gasteiger partial charge in [0.25, 0.3) is 0 Å². The van der Waals surface area contributed by atoms with Crippen molar-refractivity contribution in [2.45, 2.75) is 51.0 Å². The van der Waals surface area contributed by atoms with E-state index in [2.05, 4.69) is 36.5 Å². The summed E-state index contributed by atoms with van der Waals surface area (Å²) in [6, 6.07) is 8.73. The minimum atomic E-state index is -0.215. The molecule has 0 fully saturated rings. The Morgan fingerprint density at radius 2 is 2.22 bits per heavy atom. The van der Waals surface area contributed by atoms with E-state index >= 15 is 0 Å². The fourth-order valence-electron chi connectivity index (χ4n) is 2.96. The molecule has 1 aromatic rings. The number of nitrogens with one attached hydrogen (secondary N) is 1. The molecule has 0 spiro atoms. The molecule has 1 aliphatic rings. The Balaban J connectivity index is 1.90. The number of hydrogen-bond acceptors (Lipinski definition) is 2. The van der Waals surface area contributed by atoms with Gasteiger partial charge in [0.05, 0.1) is 6.10 Å². The van der Waals surface area contributed by atoms with E-state index in [0.29, 0.717) is 5.92 Å². The summed E-state index contributed by atoms with van der Waals surface area (Å²) < 4.78 is 0. The van der Waals surface area contributed by atoms with Crippen LogP contribution in [0.5, 0.6) is 0 Å². The Kier molecular flexibility index (Phi) is 5.21. The summed E-state index contributed by atoms with van der Waals surface area (Å²) in [5.41, 5.74) is 2.96. The smallest absolute Gasteiger partial charge is 0.0670 e. The quantitative estimate of drug-likeness (QED) is 0.758. The molecule has 0 saturated carbocycles. The van der Waals surface area contributed by atoms with Crippen molar-refractivity contribution < 1.29 is 5.11 Å². The molecule has 0 aliphatic heterocycles. The zero-order valence-electron chi connectivity index (χ0n) is 11.4. The van der Waals surface area contributed by atoms with Gasteiger partial charge in [-0.2, -0.15) is 0 Å². The van der Waals surface area contributed by atoms with Crippen molar-refractivity contribution in [3.63, 3.8) is 0 Å². The van der Waals surface area contributed by atoms with Crippen molar-refractivity contribution in [1.29, 1.82) is 0 Å². The molecule has 0 bridgehead atoms. The summed E-state index contributed by atoms with van der Waals surface area (Å²) in [6.07, 6.45) is 5.50. The molecule has 0 amide bonds. The lowest BCUT2D eigenvalue weighted by molar-refractivity contribution is 0.149. The first-order valence-electron chi connectivity index (χ1n) is 7.27. The van der Waals surface area contributed by atoms with Crippen LogP contribution < -0.4 is 5.32 Å². The maximum atomic E-state index is 10.1. The second-order valence-electron chi connectivity index (χ2n) is 5.38. The van der Waals surface area contributed by atoms with Gasteiger partial charge in [0, 0.05) is 6.54 Å². The normalized spacial score (nSPS) is 20.4. The number of aryl methyl sites for hydroxylation is 1. The second kappa shape index (κ2) is 6.91. The van der Waals surface area contributed by atoms with Gasteiger partial charge in [-0.3, -0.25) is 0 Å². The third-order valence-corrected chi connectivity index (χ3v) is 3.86. The van der Waals surface area contributed by atoms with Crippen LogP contribution in [-0.2, 0) is 6.42 Å². The van der Waals surface area contributed by atoms with Crippen LogP contribution in [0.3, 0.4) is 0 Å². The summed E-state index contributed by atoms with van der Waals surface area (Å²) in [7, 11) is 0. The summed E-state index contributed by atoms with van der Waals surface area (Å²) in [4.78, 5) is 0. The second-order valence-corrected chi connectivity index (χ2v) is 5.38. The zero-order valence-corrected chi connectivity index (χ0v) is 11.4. The van der Waals surface area contributed by atoms with Gasteiger partial charge < -0.3 is 10.4 Å². The average Bonchev–Trinajstić information content (AvgIpc) is 2.39. The Morgan fingerprint density at radius 1 is 1.39 bits per heavy atom. The molecule has 1 aliphatic carbocycles. The highest BCUT2D eigenvalue weighted by Gasteiger charge is 2.22. The maximum absolute atomic E-state index is 10.1. The number of hydrogen-bond donors (Lipinski definition) is 2. The van der Waals surface area contributed by atoms with E-state index in [0.717, 1.165) is 25.9 Å². The Morgan fingerprint density at radius 3 is 3.06 bits per heavy atom. The van der Waals surface area contributed by atoms with Crippen LogP contribution in [0.2, 0.25) is 0 Å². The molecule has 18 heavy (non-hydrogen) atoms. The van der Waals surface area contributed by atoms with E-state index in [9.17, 15) is 5.11 Å². The standard InChI is InChI=1S/C16H25NO/c1-2-10-17-12-15(18)11-14-8-5-7-13-6-3-4-9-16(13)14/h3-4,6,9,14-15,17-18H,2,5,7-8,10-12H2,1H3. The Bertz CT molecular complexity index is 364. The monoisotopic (exact) mass is 247 g/mol. The fourth-order valence-corrected chi connectivity index (χ4v) is 2.96. The highest BCUT2D eigenvalue weighted by molar-refractivity contribution is 5.32. The van der Waals surface area contributed by atoms with Gasteiger partial charge in [0.15, 0.2) is 0 Å². The van der Waals surface area contributed by atoms with Gasteiger partial charge in [0.2, 0.25) is 0 Å². The molecular weight excluding hydrogens is 222 g/mol. The van der Waals surface area contributed by atoms with Gasteiger partial charge in [-0.05, 0) is 55.7 Å². The van der Waals surface area contributed by atoms with E-state index in [4.69, 9.17) is 0 Å². The first-order valence-corrected chi connectivity index (χ1v) is 7.27. The van der Waals surface area contributed by atoms with E-state index < -0.39 is 0 Å². The highest BCUT2D eigenvalue weighted by atomic mass is 16.3. The zero-order chi connectivity index (χ0) is 12.8. The topological polar surface area (TPSA) is 32.3 Å². The Labute approximate surface area is 110 Å². The first kappa shape index (κ1) is 13.6. The van der Waals surface area contributed by atoms with Crippen molar-refractivity contribution in [1.82, 2.24) is 5.32 Å². The van der Waals surface area contributed by atoms with Crippen molar-refractivity contribution in [2.24, 2.45) is 0 Å². The number of fused-ring (bicyclic) bond motifs is 1. The van der Waals surface area contributed by atoms with Crippen LogP contribution in [0.4, 0.5) is 0 Å². The van der Waals surface area contributed by atoms with Crippen LogP contribution in [0.15, 0.2) is 24.3 Å². The van der Waals surface area contributed by atoms with E-state index in [1.54, 1.807) is 0 Å². The number of aliphatic hydroxyl groups is 1. The SMILES string of the molecule is CCCNCC(O)CC1CCCc2ccccc21. The summed E-state index contributed by atoms with van der Waals surface area (Å²) in [5, 5.41) is 13.4. The van der Waals surface area contributed by atoms with Crippen LogP contribution in [-0.4, -0.2) is 24.3 Å². The lowest BCUT2D eigenvalue weighted by Gasteiger charge is -2.27. The van der Waals surface area contributed by atoms with Gasteiger partial charge in [-0.1, -0.05) is 31.2 Å². The highest BCUT2D eigenvalue weighted by Crippen LogP contribution is 2.34. The molecule has 0 heterocycles. The molecular formula is C16H25NO. The number of benzene rings is 1. The van der Waals surface area contributed by atoms with Crippen LogP contribution in [0, 0.1) is 0 Å². The van der Waals surface area contributed by atoms with Gasteiger partial charge in [-0.25, -0.2) is 0 Å². The molecule has 0 saturated heterocycles.